The van der Waals surface area contributed by atoms with E-state index in [1.807, 2.05) is 0 Å². The maximum Gasteiger partial charge on any atom is 0.415 e. The first-order valence-corrected chi connectivity index (χ1v) is 16.0. The third kappa shape index (κ3) is 8.61. The standard InChI is InChI=1S/C31H36F4N4O5S/c1-30(2,3)44-29(40)38(27-12-11-21(45(5,41)42)17-28(27)43-4)15-7-8-20-16-22-24(37-25-13-14-36-18-23(25)32)9-6-10-26(22)39(20)19-31(33,34)35/h6,9-12,16-17,23,25,36-37H,13-15,18-19H2,1-5H3/t23-,25+/m0/s1. The molecule has 2 N–H and O–H groups in total. The molecule has 2 heterocycles. The van der Waals surface area contributed by atoms with E-state index in [9.17, 15) is 30.8 Å². The lowest BCUT2D eigenvalue weighted by molar-refractivity contribution is -0.140. The Morgan fingerprint density at radius 2 is 1.91 bits per heavy atom. The van der Waals surface area contributed by atoms with Gasteiger partial charge in [-0.15, -0.1) is 0 Å². The maximum absolute atomic E-state index is 14.5. The van der Waals surface area contributed by atoms with Crippen molar-refractivity contribution in [2.45, 2.75) is 62.6 Å². The quantitative estimate of drug-likeness (QED) is 0.256. The highest BCUT2D eigenvalue weighted by molar-refractivity contribution is 7.90. The van der Waals surface area contributed by atoms with E-state index < -0.39 is 46.5 Å². The van der Waals surface area contributed by atoms with Crippen LogP contribution < -0.4 is 20.3 Å². The third-order valence-corrected chi connectivity index (χ3v) is 8.08. The van der Waals surface area contributed by atoms with E-state index in [0.717, 1.165) is 15.7 Å². The summed E-state index contributed by atoms with van der Waals surface area (Å²) >= 11 is 0. The van der Waals surface area contributed by atoms with Crippen molar-refractivity contribution in [3.05, 3.63) is 48.2 Å². The van der Waals surface area contributed by atoms with Crippen LogP contribution in [0.5, 0.6) is 5.75 Å². The number of hydrogen-bond acceptors (Lipinski definition) is 7. The number of carbonyl (C=O) groups is 1. The van der Waals surface area contributed by atoms with Crippen LogP contribution in [0, 0.1) is 11.8 Å². The van der Waals surface area contributed by atoms with Crippen LogP contribution in [-0.4, -0.2) is 76.1 Å². The topological polar surface area (TPSA) is 102 Å². The zero-order valence-electron chi connectivity index (χ0n) is 25.6. The average molecular weight is 653 g/mol. The van der Waals surface area contributed by atoms with Gasteiger partial charge in [-0.1, -0.05) is 12.0 Å². The smallest absolute Gasteiger partial charge is 0.415 e. The lowest BCUT2D eigenvalue weighted by Crippen LogP contribution is -2.45. The molecule has 0 spiro atoms. The lowest BCUT2D eigenvalue weighted by Gasteiger charge is -2.28. The van der Waals surface area contributed by atoms with E-state index in [0.29, 0.717) is 24.0 Å². The summed E-state index contributed by atoms with van der Waals surface area (Å²) in [7, 11) is -2.29. The number of fused-ring (bicyclic) bond motifs is 1. The van der Waals surface area contributed by atoms with E-state index in [1.165, 1.54) is 37.4 Å². The summed E-state index contributed by atoms with van der Waals surface area (Å²) < 4.78 is 91.8. The van der Waals surface area contributed by atoms with Gasteiger partial charge in [-0.05, 0) is 70.0 Å². The number of aromatic nitrogens is 1. The summed E-state index contributed by atoms with van der Waals surface area (Å²) in [5.74, 6) is 5.61. The fourth-order valence-corrected chi connectivity index (χ4v) is 5.57. The Morgan fingerprint density at radius 3 is 2.53 bits per heavy atom. The number of carbonyl (C=O) groups excluding carboxylic acids is 1. The molecule has 0 aliphatic carbocycles. The van der Waals surface area contributed by atoms with Gasteiger partial charge in [0.2, 0.25) is 0 Å². The summed E-state index contributed by atoms with van der Waals surface area (Å²) in [6.45, 7) is 4.12. The van der Waals surface area contributed by atoms with Gasteiger partial charge in [-0.25, -0.2) is 17.6 Å². The van der Waals surface area contributed by atoms with E-state index in [-0.39, 0.29) is 40.6 Å². The Labute approximate surface area is 259 Å². The number of amides is 1. The number of hydrogen-bond donors (Lipinski definition) is 2. The SMILES string of the molecule is COc1cc(S(C)(=O)=O)ccc1N(CC#Cc1cc2c(N[C@@H]3CCNC[C@@H]3F)cccc2n1CC(F)(F)F)C(=O)OC(C)(C)C. The number of nitrogens with one attached hydrogen (secondary N) is 2. The van der Waals surface area contributed by atoms with Gasteiger partial charge in [0.15, 0.2) is 9.84 Å². The van der Waals surface area contributed by atoms with Crippen molar-refractivity contribution < 1.29 is 40.2 Å². The predicted octanol–water partition coefficient (Wildman–Crippen LogP) is 5.52. The second kappa shape index (κ2) is 13.2. The van der Waals surface area contributed by atoms with Crippen LogP contribution in [0.3, 0.4) is 0 Å². The first-order valence-electron chi connectivity index (χ1n) is 14.1. The Balaban J connectivity index is 1.76. The van der Waals surface area contributed by atoms with Gasteiger partial charge in [-0.2, -0.15) is 13.2 Å². The molecule has 1 aliphatic rings. The van der Waals surface area contributed by atoms with Crippen LogP contribution in [0.15, 0.2) is 47.4 Å². The number of piperidine rings is 1. The van der Waals surface area contributed by atoms with Crippen molar-refractivity contribution >= 4 is 38.2 Å². The molecule has 1 fully saturated rings. The zero-order chi connectivity index (χ0) is 33.2. The molecule has 1 aromatic heterocycles. The zero-order valence-corrected chi connectivity index (χ0v) is 26.4. The second-order valence-corrected chi connectivity index (χ2v) is 13.7. The first-order chi connectivity index (χ1) is 21.0. The van der Waals surface area contributed by atoms with Gasteiger partial charge in [0.1, 0.15) is 24.1 Å². The molecule has 0 radical (unpaired) electrons. The second-order valence-electron chi connectivity index (χ2n) is 11.7. The Hall–Kier alpha value is -3.96. The molecule has 2 atom stereocenters. The van der Waals surface area contributed by atoms with Crippen LogP contribution in [0.4, 0.5) is 33.7 Å². The van der Waals surface area contributed by atoms with E-state index in [1.54, 1.807) is 32.9 Å². The van der Waals surface area contributed by atoms with Crippen LogP contribution in [0.25, 0.3) is 10.9 Å². The molecule has 0 bridgehead atoms. The van der Waals surface area contributed by atoms with Crippen molar-refractivity contribution in [3.63, 3.8) is 0 Å². The number of halogens is 4. The normalized spacial score (nSPS) is 17.4. The highest BCUT2D eigenvalue weighted by Crippen LogP contribution is 2.33. The van der Waals surface area contributed by atoms with E-state index >= 15 is 0 Å². The average Bonchev–Trinajstić information content (AvgIpc) is 3.27. The first kappa shape index (κ1) is 33.9. The summed E-state index contributed by atoms with van der Waals surface area (Å²) in [4.78, 5) is 14.3. The molecule has 1 aliphatic heterocycles. The van der Waals surface area contributed by atoms with Crippen molar-refractivity contribution in [3.8, 4) is 17.6 Å². The Kier molecular flexibility index (Phi) is 9.94. The summed E-state index contributed by atoms with van der Waals surface area (Å²) in [5.41, 5.74) is 0.0176. The summed E-state index contributed by atoms with van der Waals surface area (Å²) in [6.07, 6.45) is -5.04. The van der Waals surface area contributed by atoms with Gasteiger partial charge >= 0.3 is 12.3 Å². The number of benzene rings is 2. The number of ether oxygens (including phenoxy) is 2. The van der Waals surface area contributed by atoms with Gasteiger partial charge in [0.25, 0.3) is 0 Å². The highest BCUT2D eigenvalue weighted by atomic mass is 32.2. The minimum Gasteiger partial charge on any atom is -0.495 e. The molecule has 4 rings (SSSR count). The maximum atomic E-state index is 14.5. The molecule has 3 aromatic rings. The minimum atomic E-state index is -4.57. The van der Waals surface area contributed by atoms with Crippen molar-refractivity contribution in [2.75, 3.05) is 43.2 Å². The molecule has 0 unspecified atom stereocenters. The largest absolute Gasteiger partial charge is 0.495 e. The highest BCUT2D eigenvalue weighted by Gasteiger charge is 2.31. The lowest BCUT2D eigenvalue weighted by atomic mass is 10.0. The van der Waals surface area contributed by atoms with Gasteiger partial charge < -0.3 is 24.7 Å². The molecular weight excluding hydrogens is 616 g/mol. The molecule has 0 saturated carbocycles. The van der Waals surface area contributed by atoms with Gasteiger partial charge in [0.05, 0.1) is 41.5 Å². The summed E-state index contributed by atoms with van der Waals surface area (Å²) in [6, 6.07) is 9.75. The van der Waals surface area contributed by atoms with Crippen LogP contribution >= 0.6 is 0 Å². The summed E-state index contributed by atoms with van der Waals surface area (Å²) in [5, 5.41) is 6.57. The molecule has 244 valence electrons. The van der Waals surface area contributed by atoms with Gasteiger partial charge in [0, 0.05) is 29.9 Å². The molecule has 1 amide bonds. The molecule has 45 heavy (non-hydrogen) atoms. The molecular formula is C31H36F4N4O5S. The number of sulfone groups is 1. The third-order valence-electron chi connectivity index (χ3n) is 6.97. The number of methoxy groups -OCH3 is 1. The fraction of sp³-hybridized carbons (Fsp3) is 0.452. The molecule has 9 nitrogen and oxygen atoms in total. The van der Waals surface area contributed by atoms with Gasteiger partial charge in [-0.3, -0.25) is 4.90 Å². The minimum absolute atomic E-state index is 0.0298. The number of rotatable bonds is 7. The molecule has 1 saturated heterocycles. The van der Waals surface area contributed by atoms with Crippen LogP contribution in [0.1, 0.15) is 32.9 Å². The number of anilines is 2. The van der Waals surface area contributed by atoms with Crippen molar-refractivity contribution in [1.29, 1.82) is 0 Å². The molecule has 2 aromatic carbocycles. The predicted molar refractivity (Wildman–Crippen MR) is 164 cm³/mol. The van der Waals surface area contributed by atoms with Crippen molar-refractivity contribution in [2.24, 2.45) is 0 Å². The molecule has 14 heteroatoms. The van der Waals surface area contributed by atoms with Crippen LogP contribution in [0.2, 0.25) is 0 Å². The Morgan fingerprint density at radius 1 is 1.18 bits per heavy atom. The monoisotopic (exact) mass is 652 g/mol. The van der Waals surface area contributed by atoms with Crippen molar-refractivity contribution in [1.82, 2.24) is 9.88 Å². The number of nitrogens with zero attached hydrogens (tertiary/aromatic N) is 2. The van der Waals surface area contributed by atoms with Crippen LogP contribution in [-0.2, 0) is 21.1 Å². The number of alkyl halides is 4. The van der Waals surface area contributed by atoms with E-state index in [2.05, 4.69) is 22.5 Å². The fourth-order valence-electron chi connectivity index (χ4n) is 4.93. The van der Waals surface area contributed by atoms with E-state index in [4.69, 9.17) is 9.47 Å². The Bertz CT molecular complexity index is 1720.